The van der Waals surface area contributed by atoms with E-state index >= 15 is 0 Å². The lowest BCUT2D eigenvalue weighted by molar-refractivity contribution is -0.112. The largest absolute Gasteiger partial charge is 0.504 e. The Morgan fingerprint density at radius 1 is 1.17 bits per heavy atom. The number of nitriles is 1. The molecule has 0 aliphatic rings. The Kier molecular flexibility index (Phi) is 4.00. The van der Waals surface area contributed by atoms with E-state index in [2.05, 4.69) is 10.4 Å². The average molecular weight is 318 g/mol. The van der Waals surface area contributed by atoms with Crippen LogP contribution in [0.5, 0.6) is 0 Å². The Labute approximate surface area is 138 Å². The number of aliphatic hydroxyl groups is 1. The molecule has 118 valence electrons. The highest BCUT2D eigenvalue weighted by Crippen LogP contribution is 2.25. The maximum Gasteiger partial charge on any atom is 0.270 e. The normalized spacial score (nSPS) is 11.7. The number of aliphatic hydroxyl groups excluding tert-OH is 1. The predicted octanol–water partition coefficient (Wildman–Crippen LogP) is 3.00. The van der Waals surface area contributed by atoms with Gasteiger partial charge in [-0.25, -0.2) is 0 Å². The molecule has 6 heteroatoms. The zero-order valence-corrected chi connectivity index (χ0v) is 12.9. The highest BCUT2D eigenvalue weighted by Gasteiger charge is 2.21. The van der Waals surface area contributed by atoms with Gasteiger partial charge in [-0.15, -0.1) is 0 Å². The van der Waals surface area contributed by atoms with Gasteiger partial charge in [-0.05, 0) is 18.2 Å². The number of para-hydroxylation sites is 2. The zero-order chi connectivity index (χ0) is 17.1. The molecule has 2 aromatic carbocycles. The van der Waals surface area contributed by atoms with Crippen LogP contribution in [0.25, 0.3) is 16.7 Å². The molecule has 2 N–H and O–H groups in total. The van der Waals surface area contributed by atoms with Crippen molar-refractivity contribution in [1.29, 1.82) is 5.26 Å². The van der Waals surface area contributed by atoms with Crippen LogP contribution in [-0.2, 0) is 11.8 Å². The van der Waals surface area contributed by atoms with Crippen molar-refractivity contribution in [2.24, 2.45) is 7.05 Å². The summed E-state index contributed by atoms with van der Waals surface area (Å²) in [6.07, 6.45) is 0. The first-order valence-corrected chi connectivity index (χ1v) is 7.23. The molecule has 1 aromatic heterocycles. The van der Waals surface area contributed by atoms with Gasteiger partial charge in [0.1, 0.15) is 11.8 Å². The van der Waals surface area contributed by atoms with Crippen LogP contribution in [0, 0.1) is 11.3 Å². The number of nitrogens with zero attached hydrogens (tertiary/aromatic N) is 3. The second kappa shape index (κ2) is 6.26. The Morgan fingerprint density at radius 2 is 1.83 bits per heavy atom. The number of hydrogen-bond acceptors (Lipinski definition) is 4. The molecule has 0 spiro atoms. The van der Waals surface area contributed by atoms with Crippen LogP contribution in [0.3, 0.4) is 0 Å². The van der Waals surface area contributed by atoms with E-state index in [1.54, 1.807) is 54.2 Å². The topological polar surface area (TPSA) is 90.9 Å². The number of nitrogens with one attached hydrogen (secondary N) is 1. The summed E-state index contributed by atoms with van der Waals surface area (Å²) < 4.78 is 1.59. The first-order chi connectivity index (χ1) is 11.6. The zero-order valence-electron chi connectivity index (χ0n) is 12.9. The molecule has 0 saturated heterocycles. The van der Waals surface area contributed by atoms with E-state index < -0.39 is 11.7 Å². The summed E-state index contributed by atoms with van der Waals surface area (Å²) in [4.78, 5) is 12.3. The third-order valence-corrected chi connectivity index (χ3v) is 3.59. The van der Waals surface area contributed by atoms with E-state index in [0.29, 0.717) is 11.1 Å². The van der Waals surface area contributed by atoms with Crippen LogP contribution in [-0.4, -0.2) is 20.8 Å². The van der Waals surface area contributed by atoms with Crippen molar-refractivity contribution in [2.75, 3.05) is 5.32 Å². The summed E-state index contributed by atoms with van der Waals surface area (Å²) in [5.41, 5.74) is 1.14. The van der Waals surface area contributed by atoms with Crippen LogP contribution < -0.4 is 5.32 Å². The number of rotatable bonds is 3. The molecule has 0 radical (unpaired) electrons. The minimum absolute atomic E-state index is 0.202. The van der Waals surface area contributed by atoms with Gasteiger partial charge in [-0.1, -0.05) is 36.4 Å². The molecule has 3 aromatic rings. The van der Waals surface area contributed by atoms with Gasteiger partial charge in [-0.3, -0.25) is 9.48 Å². The highest BCUT2D eigenvalue weighted by molar-refractivity contribution is 6.11. The maximum atomic E-state index is 12.3. The minimum Gasteiger partial charge on any atom is -0.504 e. The fourth-order valence-corrected chi connectivity index (χ4v) is 2.43. The molecule has 0 fully saturated rings. The van der Waals surface area contributed by atoms with Crippen molar-refractivity contribution >= 4 is 28.3 Å². The van der Waals surface area contributed by atoms with Crippen molar-refractivity contribution in [3.63, 3.8) is 0 Å². The van der Waals surface area contributed by atoms with Crippen LogP contribution in [0.15, 0.2) is 60.2 Å². The summed E-state index contributed by atoms with van der Waals surface area (Å²) in [6, 6.07) is 17.8. The second-order valence-electron chi connectivity index (χ2n) is 5.14. The number of aryl methyl sites for hydroxylation is 1. The van der Waals surface area contributed by atoms with E-state index in [-0.39, 0.29) is 11.3 Å². The first-order valence-electron chi connectivity index (χ1n) is 7.23. The molecule has 3 rings (SSSR count). The second-order valence-corrected chi connectivity index (χ2v) is 5.14. The lowest BCUT2D eigenvalue weighted by Crippen LogP contribution is -2.15. The van der Waals surface area contributed by atoms with Gasteiger partial charge >= 0.3 is 0 Å². The number of benzene rings is 2. The number of carbonyl (C=O) groups is 1. The molecule has 1 amide bonds. The quantitative estimate of drug-likeness (QED) is 0.441. The molecule has 0 aliphatic heterocycles. The molecular formula is C18H14N4O2. The van der Waals surface area contributed by atoms with Gasteiger partial charge in [0.05, 0.1) is 5.52 Å². The summed E-state index contributed by atoms with van der Waals surface area (Å²) in [5, 5.41) is 27.3. The van der Waals surface area contributed by atoms with Gasteiger partial charge in [-0.2, -0.15) is 10.4 Å². The van der Waals surface area contributed by atoms with Gasteiger partial charge in [0, 0.05) is 18.1 Å². The van der Waals surface area contributed by atoms with Gasteiger partial charge in [0.25, 0.3) is 5.91 Å². The molecule has 24 heavy (non-hydrogen) atoms. The molecule has 0 bridgehead atoms. The molecule has 0 unspecified atom stereocenters. The highest BCUT2D eigenvalue weighted by atomic mass is 16.3. The number of carbonyl (C=O) groups excluding carboxylic acids is 1. The molecule has 6 nitrogen and oxygen atoms in total. The minimum atomic E-state index is -0.684. The summed E-state index contributed by atoms with van der Waals surface area (Å²) in [5.74, 6) is -1.13. The number of fused-ring (bicyclic) bond motifs is 1. The van der Waals surface area contributed by atoms with Crippen molar-refractivity contribution in [3.05, 3.63) is 65.9 Å². The Hall–Kier alpha value is -3.59. The van der Waals surface area contributed by atoms with Crippen LogP contribution in [0.2, 0.25) is 0 Å². The first kappa shape index (κ1) is 15.3. The smallest absolute Gasteiger partial charge is 0.270 e. The van der Waals surface area contributed by atoms with Crippen LogP contribution in [0.1, 0.15) is 5.69 Å². The van der Waals surface area contributed by atoms with Crippen molar-refractivity contribution in [2.45, 2.75) is 0 Å². The van der Waals surface area contributed by atoms with Crippen molar-refractivity contribution < 1.29 is 9.90 Å². The molecule has 0 atom stereocenters. The Balaban J connectivity index is 2.04. The molecular weight excluding hydrogens is 304 g/mol. The van der Waals surface area contributed by atoms with E-state index in [4.69, 9.17) is 0 Å². The third kappa shape index (κ3) is 2.71. The van der Waals surface area contributed by atoms with Crippen molar-refractivity contribution in [3.8, 4) is 6.07 Å². The van der Waals surface area contributed by atoms with E-state index in [9.17, 15) is 15.2 Å². The number of amides is 1. The molecule has 0 saturated carbocycles. The fraction of sp³-hybridized carbons (Fsp3) is 0.0556. The van der Waals surface area contributed by atoms with Crippen LogP contribution >= 0.6 is 0 Å². The molecule has 0 aliphatic carbocycles. The lowest BCUT2D eigenvalue weighted by Gasteiger charge is -2.05. The standard InChI is InChI=1S/C18H14N4O2/c1-22-15-10-6-5-9-13(15)16(21-22)17(23)14(11-19)18(24)20-12-7-3-2-4-8-12/h2-10,23H,1H3,(H,20,24)/b17-14+. The Bertz CT molecular complexity index is 981. The maximum absolute atomic E-state index is 12.3. The third-order valence-electron chi connectivity index (χ3n) is 3.59. The summed E-state index contributed by atoms with van der Waals surface area (Å²) >= 11 is 0. The predicted molar refractivity (Wildman–Crippen MR) is 90.9 cm³/mol. The average Bonchev–Trinajstić information content (AvgIpc) is 2.94. The van der Waals surface area contributed by atoms with Gasteiger partial charge < -0.3 is 10.4 Å². The SMILES string of the molecule is Cn1nc(/C(O)=C(/C#N)C(=O)Nc2ccccc2)c2ccccc21. The number of aromatic nitrogens is 2. The van der Waals surface area contributed by atoms with Gasteiger partial charge in [0.15, 0.2) is 11.3 Å². The van der Waals surface area contributed by atoms with Gasteiger partial charge in [0.2, 0.25) is 0 Å². The fourth-order valence-electron chi connectivity index (χ4n) is 2.43. The van der Waals surface area contributed by atoms with E-state index in [1.807, 2.05) is 18.2 Å². The van der Waals surface area contributed by atoms with E-state index in [1.165, 1.54) is 0 Å². The molecule has 1 heterocycles. The van der Waals surface area contributed by atoms with Crippen LogP contribution in [0.4, 0.5) is 5.69 Å². The lowest BCUT2D eigenvalue weighted by atomic mass is 10.1. The monoisotopic (exact) mass is 318 g/mol. The summed E-state index contributed by atoms with van der Waals surface area (Å²) in [7, 11) is 1.73. The number of anilines is 1. The Morgan fingerprint density at radius 3 is 2.54 bits per heavy atom. The summed E-state index contributed by atoms with van der Waals surface area (Å²) in [6.45, 7) is 0. The van der Waals surface area contributed by atoms with Crippen molar-refractivity contribution in [1.82, 2.24) is 9.78 Å². The number of hydrogen-bond donors (Lipinski definition) is 2. The van der Waals surface area contributed by atoms with E-state index in [0.717, 1.165) is 5.52 Å².